The maximum absolute atomic E-state index is 6.36. The molecule has 4 aromatic heterocycles. The van der Waals surface area contributed by atoms with Crippen LogP contribution < -0.4 is 0 Å². The van der Waals surface area contributed by atoms with Crippen LogP contribution in [0.5, 0.6) is 0 Å². The topological polar surface area (TPSA) is 64.7 Å². The second-order valence-corrected chi connectivity index (χ2v) is 15.6. The van der Waals surface area contributed by atoms with Crippen molar-refractivity contribution in [2.75, 3.05) is 0 Å². The van der Waals surface area contributed by atoms with E-state index in [-0.39, 0.29) is 0 Å². The zero-order valence-corrected chi connectivity index (χ0v) is 31.7. The van der Waals surface area contributed by atoms with Gasteiger partial charge in [-0.2, -0.15) is 0 Å². The molecule has 8 aromatic carbocycles. The van der Waals surface area contributed by atoms with Crippen molar-refractivity contribution in [3.05, 3.63) is 182 Å². The molecule has 0 bridgehead atoms. The number of aromatic nitrogens is 4. The van der Waals surface area contributed by atoms with Gasteiger partial charge in [-0.15, -0.1) is 11.3 Å². The molecule has 5 nitrogen and oxygen atoms in total. The lowest BCUT2D eigenvalue weighted by molar-refractivity contribution is 0.669. The second-order valence-electron chi connectivity index (χ2n) is 14.6. The minimum absolute atomic E-state index is 0.639. The van der Waals surface area contributed by atoms with Crippen LogP contribution >= 0.6 is 11.3 Å². The Morgan fingerprint density at radius 1 is 0.397 bits per heavy atom. The number of thiophene rings is 1. The molecule has 0 spiro atoms. The molecule has 0 saturated carbocycles. The summed E-state index contributed by atoms with van der Waals surface area (Å²) in [6.45, 7) is 0. The fraction of sp³-hybridized carbons (Fsp3) is 0. The fourth-order valence-electron chi connectivity index (χ4n) is 8.30. The highest BCUT2D eigenvalue weighted by Gasteiger charge is 2.19. The summed E-state index contributed by atoms with van der Waals surface area (Å²) in [6, 6.07) is 63.2. The van der Waals surface area contributed by atoms with E-state index in [1.54, 1.807) is 11.3 Å². The van der Waals surface area contributed by atoms with E-state index in [1.807, 2.05) is 6.07 Å². The fourth-order valence-corrected chi connectivity index (χ4v) is 9.45. The van der Waals surface area contributed by atoms with Gasteiger partial charge in [-0.25, -0.2) is 19.9 Å². The number of benzene rings is 8. The lowest BCUT2D eigenvalue weighted by Crippen LogP contribution is -1.97. The third kappa shape index (κ3) is 5.30. The average Bonchev–Trinajstić information content (AvgIpc) is 3.87. The van der Waals surface area contributed by atoms with Crippen LogP contribution in [0, 0.1) is 0 Å². The van der Waals surface area contributed by atoms with Crippen LogP contribution in [0.3, 0.4) is 0 Å². The molecule has 0 saturated heterocycles. The second kappa shape index (κ2) is 13.0. The highest BCUT2D eigenvalue weighted by atomic mass is 32.1. The van der Waals surface area contributed by atoms with E-state index in [9.17, 15) is 0 Å². The van der Waals surface area contributed by atoms with Crippen molar-refractivity contribution < 1.29 is 4.42 Å². The summed E-state index contributed by atoms with van der Waals surface area (Å²) in [5, 5.41) is 7.96. The molecule has 0 aliphatic carbocycles. The van der Waals surface area contributed by atoms with Gasteiger partial charge >= 0.3 is 0 Å². The Bertz CT molecular complexity index is 3570. The quantitative estimate of drug-likeness (QED) is 0.175. The summed E-state index contributed by atoms with van der Waals surface area (Å²) >= 11 is 1.74. The van der Waals surface area contributed by atoms with E-state index in [1.165, 1.54) is 15.5 Å². The van der Waals surface area contributed by atoms with Crippen LogP contribution in [0.4, 0.5) is 0 Å². The van der Waals surface area contributed by atoms with Crippen molar-refractivity contribution in [3.63, 3.8) is 0 Å². The summed E-state index contributed by atoms with van der Waals surface area (Å²) in [5.41, 5.74) is 10.3. The van der Waals surface area contributed by atoms with Gasteiger partial charge in [0.15, 0.2) is 11.6 Å². The lowest BCUT2D eigenvalue weighted by Gasteiger charge is -2.12. The zero-order chi connectivity index (χ0) is 38.2. The number of fused-ring (bicyclic) bond motifs is 9. The van der Waals surface area contributed by atoms with Gasteiger partial charge in [0.1, 0.15) is 11.2 Å². The first-order valence-corrected chi connectivity index (χ1v) is 20.1. The van der Waals surface area contributed by atoms with E-state index in [4.69, 9.17) is 24.4 Å². The molecule has 0 aliphatic rings. The van der Waals surface area contributed by atoms with Gasteiger partial charge in [0.25, 0.3) is 0 Å². The molecule has 0 amide bonds. The monoisotopic (exact) mass is 758 g/mol. The Hall–Kier alpha value is -7.54. The van der Waals surface area contributed by atoms with Crippen molar-refractivity contribution in [2.45, 2.75) is 0 Å². The van der Waals surface area contributed by atoms with Crippen molar-refractivity contribution in [2.24, 2.45) is 0 Å². The number of hydrogen-bond donors (Lipinski definition) is 0. The van der Waals surface area contributed by atoms with E-state index >= 15 is 0 Å². The molecule has 0 aliphatic heterocycles. The van der Waals surface area contributed by atoms with Crippen LogP contribution in [0.25, 0.3) is 120 Å². The first kappa shape index (κ1) is 32.7. The van der Waals surface area contributed by atoms with E-state index in [0.717, 1.165) is 93.2 Å². The molecule has 0 N–H and O–H groups in total. The van der Waals surface area contributed by atoms with Gasteiger partial charge in [-0.3, -0.25) is 0 Å². The third-order valence-electron chi connectivity index (χ3n) is 11.1. The van der Waals surface area contributed by atoms with E-state index < -0.39 is 0 Å². The minimum atomic E-state index is 0.639. The van der Waals surface area contributed by atoms with E-state index in [0.29, 0.717) is 11.6 Å². The van der Waals surface area contributed by atoms with Crippen molar-refractivity contribution in [1.29, 1.82) is 0 Å². The van der Waals surface area contributed by atoms with Gasteiger partial charge in [-0.05, 0) is 57.9 Å². The summed E-state index contributed by atoms with van der Waals surface area (Å²) < 4.78 is 8.65. The average molecular weight is 759 g/mol. The molecule has 6 heteroatoms. The Morgan fingerprint density at radius 2 is 1.03 bits per heavy atom. The zero-order valence-electron chi connectivity index (χ0n) is 30.9. The minimum Gasteiger partial charge on any atom is -0.456 e. The van der Waals surface area contributed by atoms with Crippen molar-refractivity contribution in [1.82, 2.24) is 19.9 Å². The Kier molecular flexibility index (Phi) is 7.33. The summed E-state index contributed by atoms with van der Waals surface area (Å²) in [6.07, 6.45) is 0. The predicted molar refractivity (Wildman–Crippen MR) is 240 cm³/mol. The molecule has 12 rings (SSSR count). The van der Waals surface area contributed by atoms with Gasteiger partial charge in [0, 0.05) is 48.7 Å². The molecular formula is C52H30N4OS. The van der Waals surface area contributed by atoms with Gasteiger partial charge in [0.05, 0.1) is 27.3 Å². The number of nitrogens with zero attached hydrogens (tertiary/aromatic N) is 4. The van der Waals surface area contributed by atoms with Crippen LogP contribution in [0.2, 0.25) is 0 Å². The first-order chi connectivity index (χ1) is 28.7. The van der Waals surface area contributed by atoms with Crippen LogP contribution in [0.1, 0.15) is 0 Å². The van der Waals surface area contributed by atoms with Crippen LogP contribution in [-0.4, -0.2) is 19.9 Å². The highest BCUT2D eigenvalue weighted by molar-refractivity contribution is 7.26. The standard InChI is InChI=1S/C52H30N4OS/c1-2-13-33(14-3-1)48-50-49(40-18-8-9-20-46(40)58-50)56-52(55-48)35-23-21-34(22-24-35)51-53-42(30-43(54-51)39-19-10-15-31-11-4-6-16-37(31)39)36-26-27-44-41(29-36)47-38-17-7-5-12-32(38)25-28-45(47)57-44/h1-30H. The molecule has 0 atom stereocenters. The van der Waals surface area contributed by atoms with Gasteiger partial charge < -0.3 is 4.42 Å². The predicted octanol–water partition coefficient (Wildman–Crippen LogP) is 14.2. The highest BCUT2D eigenvalue weighted by Crippen LogP contribution is 2.41. The molecule has 0 fully saturated rings. The molecule has 58 heavy (non-hydrogen) atoms. The first-order valence-electron chi connectivity index (χ1n) is 19.3. The van der Waals surface area contributed by atoms with E-state index in [2.05, 4.69) is 176 Å². The number of furan rings is 1. The largest absolute Gasteiger partial charge is 0.456 e. The molecule has 4 heterocycles. The summed E-state index contributed by atoms with van der Waals surface area (Å²) in [4.78, 5) is 20.9. The Balaban J connectivity index is 1.02. The summed E-state index contributed by atoms with van der Waals surface area (Å²) in [5.74, 6) is 1.32. The molecule has 0 unspecified atom stereocenters. The molecular weight excluding hydrogens is 729 g/mol. The summed E-state index contributed by atoms with van der Waals surface area (Å²) in [7, 11) is 0. The van der Waals surface area contributed by atoms with Gasteiger partial charge in [-0.1, -0.05) is 146 Å². The Morgan fingerprint density at radius 3 is 1.86 bits per heavy atom. The lowest BCUT2D eigenvalue weighted by atomic mass is 9.99. The SMILES string of the molecule is c1ccc(-c2nc(-c3ccc(-c4nc(-c5ccc6oc7ccc8ccccc8c7c6c5)cc(-c5cccc6ccccc56)n4)cc3)nc3c2sc2ccccc23)cc1. The van der Waals surface area contributed by atoms with Crippen molar-refractivity contribution in [3.8, 4) is 56.5 Å². The maximum atomic E-state index is 6.36. The molecule has 270 valence electrons. The molecule has 0 radical (unpaired) electrons. The van der Waals surface area contributed by atoms with Crippen LogP contribution in [-0.2, 0) is 0 Å². The van der Waals surface area contributed by atoms with Crippen LogP contribution in [0.15, 0.2) is 186 Å². The smallest absolute Gasteiger partial charge is 0.160 e. The van der Waals surface area contributed by atoms with Gasteiger partial charge in [0.2, 0.25) is 0 Å². The number of rotatable bonds is 5. The Labute approximate surface area is 336 Å². The third-order valence-corrected chi connectivity index (χ3v) is 12.3. The normalized spacial score (nSPS) is 11.8. The number of hydrogen-bond acceptors (Lipinski definition) is 6. The molecule has 12 aromatic rings. The maximum Gasteiger partial charge on any atom is 0.160 e. The van der Waals surface area contributed by atoms with Crippen molar-refractivity contribution >= 4 is 75.1 Å².